The van der Waals surface area contributed by atoms with E-state index < -0.39 is 0 Å². The lowest BCUT2D eigenvalue weighted by Gasteiger charge is -2.21. The lowest BCUT2D eigenvalue weighted by Crippen LogP contribution is -2.48. The molecule has 3 aromatic rings. The number of allylic oxidation sites excluding steroid dienone is 1. The lowest BCUT2D eigenvalue weighted by atomic mass is 10.0. The molecule has 6 nitrogen and oxygen atoms in total. The summed E-state index contributed by atoms with van der Waals surface area (Å²) < 4.78 is 2.26. The fourth-order valence-electron chi connectivity index (χ4n) is 4.30. The summed E-state index contributed by atoms with van der Waals surface area (Å²) in [5, 5.41) is 8.68. The van der Waals surface area contributed by atoms with Crippen molar-refractivity contribution in [2.45, 2.75) is 60.4 Å². The first-order chi connectivity index (χ1) is 18.4. The van der Waals surface area contributed by atoms with Gasteiger partial charge in [-0.1, -0.05) is 51.6 Å². The van der Waals surface area contributed by atoms with Gasteiger partial charge in [-0.15, -0.1) is 0 Å². The van der Waals surface area contributed by atoms with Crippen LogP contribution in [0.25, 0.3) is 24.0 Å². The predicted molar refractivity (Wildman–Crippen MR) is 160 cm³/mol. The molecule has 0 aliphatic carbocycles. The van der Waals surface area contributed by atoms with E-state index in [1.54, 1.807) is 12.4 Å². The van der Waals surface area contributed by atoms with E-state index in [4.69, 9.17) is 4.99 Å². The molecule has 38 heavy (non-hydrogen) atoms. The number of para-hydroxylation sites is 1. The van der Waals surface area contributed by atoms with Gasteiger partial charge in [0.05, 0.1) is 29.8 Å². The van der Waals surface area contributed by atoms with E-state index in [0.717, 1.165) is 82.3 Å². The van der Waals surface area contributed by atoms with Gasteiger partial charge in [0, 0.05) is 41.5 Å². The van der Waals surface area contributed by atoms with E-state index in [-0.39, 0.29) is 0 Å². The van der Waals surface area contributed by atoms with Crippen LogP contribution in [-0.4, -0.2) is 27.6 Å². The summed E-state index contributed by atoms with van der Waals surface area (Å²) in [5.74, 6) is 0. The highest BCUT2D eigenvalue weighted by Crippen LogP contribution is 2.17. The number of aromatic nitrogens is 3. The molecule has 0 spiro atoms. The van der Waals surface area contributed by atoms with Crippen molar-refractivity contribution in [3.05, 3.63) is 99.6 Å². The molecule has 0 amide bonds. The Kier molecular flexibility index (Phi) is 10.6. The Morgan fingerprint density at radius 1 is 1.08 bits per heavy atom. The summed E-state index contributed by atoms with van der Waals surface area (Å²) in [6.45, 7) is 21.7. The van der Waals surface area contributed by atoms with Crippen LogP contribution in [0.3, 0.4) is 0 Å². The lowest BCUT2D eigenvalue weighted by molar-refractivity contribution is 0.759. The van der Waals surface area contributed by atoms with Gasteiger partial charge in [-0.25, -0.2) is 0 Å². The molecule has 2 aromatic heterocycles. The smallest absolute Gasteiger partial charge is 0.140 e. The highest BCUT2D eigenvalue weighted by molar-refractivity contribution is 5.66. The topological polar surface area (TPSA) is 67.1 Å². The molecular formula is C32H42N6. The van der Waals surface area contributed by atoms with Crippen molar-refractivity contribution in [1.29, 1.82) is 0 Å². The zero-order chi connectivity index (χ0) is 27.5. The molecular weight excluding hydrogens is 468 g/mol. The van der Waals surface area contributed by atoms with Gasteiger partial charge in [-0.05, 0) is 68.8 Å². The summed E-state index contributed by atoms with van der Waals surface area (Å²) in [7, 11) is 0. The Morgan fingerprint density at radius 2 is 1.87 bits per heavy atom. The molecule has 2 heterocycles. The second-order valence-corrected chi connectivity index (χ2v) is 9.49. The first-order valence-corrected chi connectivity index (χ1v) is 13.5. The van der Waals surface area contributed by atoms with Crippen LogP contribution in [0, 0.1) is 20.8 Å². The van der Waals surface area contributed by atoms with Crippen LogP contribution >= 0.6 is 0 Å². The van der Waals surface area contributed by atoms with Gasteiger partial charge in [0.1, 0.15) is 5.49 Å². The zero-order valence-corrected chi connectivity index (χ0v) is 23.6. The maximum absolute atomic E-state index is 5.12. The molecule has 2 N–H and O–H groups in total. The largest absolute Gasteiger partial charge is 0.391 e. The quantitative estimate of drug-likeness (QED) is 0.356. The monoisotopic (exact) mass is 510 g/mol. The van der Waals surface area contributed by atoms with Crippen LogP contribution in [0.15, 0.2) is 60.5 Å². The Labute approximate surface area is 227 Å². The van der Waals surface area contributed by atoms with Crippen LogP contribution in [0.4, 0.5) is 0 Å². The number of nitrogens with zero attached hydrogens (tertiary/aromatic N) is 4. The normalized spacial score (nSPS) is 12.3. The molecule has 1 aromatic carbocycles. The van der Waals surface area contributed by atoms with E-state index in [0.29, 0.717) is 6.54 Å². The maximum atomic E-state index is 5.12. The second kappa shape index (κ2) is 14.1. The average Bonchev–Trinajstić information content (AvgIpc) is 2.90. The minimum Gasteiger partial charge on any atom is -0.391 e. The van der Waals surface area contributed by atoms with Crippen molar-refractivity contribution in [1.82, 2.24) is 25.2 Å². The minimum atomic E-state index is 0.526. The van der Waals surface area contributed by atoms with Gasteiger partial charge in [-0.3, -0.25) is 19.5 Å². The van der Waals surface area contributed by atoms with Crippen LogP contribution in [0.1, 0.15) is 61.3 Å². The predicted octanol–water partition coefficient (Wildman–Crippen LogP) is 4.36. The van der Waals surface area contributed by atoms with Crippen molar-refractivity contribution in [2.24, 2.45) is 4.99 Å². The molecule has 200 valence electrons. The van der Waals surface area contributed by atoms with Crippen LogP contribution in [0.2, 0.25) is 0 Å². The molecule has 0 saturated carbocycles. The van der Waals surface area contributed by atoms with Crippen LogP contribution < -0.4 is 26.6 Å². The van der Waals surface area contributed by atoms with Gasteiger partial charge >= 0.3 is 0 Å². The van der Waals surface area contributed by atoms with Crippen molar-refractivity contribution >= 4 is 18.4 Å². The van der Waals surface area contributed by atoms with E-state index in [9.17, 15) is 0 Å². The molecule has 0 radical (unpaired) electrons. The van der Waals surface area contributed by atoms with Crippen LogP contribution in [-0.2, 0) is 6.54 Å². The number of aryl methyl sites for hydroxylation is 2. The number of pyridine rings is 1. The van der Waals surface area contributed by atoms with Gasteiger partial charge < -0.3 is 10.6 Å². The zero-order valence-electron chi connectivity index (χ0n) is 23.6. The van der Waals surface area contributed by atoms with Gasteiger partial charge in [0.2, 0.25) is 0 Å². The Bertz CT molecular complexity index is 1440. The third-order valence-electron chi connectivity index (χ3n) is 6.40. The number of rotatable bonds is 12. The fourth-order valence-corrected chi connectivity index (χ4v) is 4.30. The molecule has 6 heteroatoms. The third-order valence-corrected chi connectivity index (χ3v) is 6.40. The highest BCUT2D eigenvalue weighted by Gasteiger charge is 2.15. The first-order valence-electron chi connectivity index (χ1n) is 13.5. The van der Waals surface area contributed by atoms with Gasteiger partial charge in [0.25, 0.3) is 0 Å². The van der Waals surface area contributed by atoms with Crippen molar-refractivity contribution < 1.29 is 0 Å². The van der Waals surface area contributed by atoms with E-state index >= 15 is 0 Å². The molecule has 0 atom stereocenters. The number of unbranched alkanes of at least 4 members (excludes halogenated alkanes) is 1. The minimum absolute atomic E-state index is 0.526. The third kappa shape index (κ3) is 7.09. The molecule has 0 unspecified atom stereocenters. The summed E-state index contributed by atoms with van der Waals surface area (Å²) in [4.78, 5) is 14.0. The van der Waals surface area contributed by atoms with E-state index in [1.807, 2.05) is 19.2 Å². The maximum Gasteiger partial charge on any atom is 0.140 e. The Morgan fingerprint density at radius 3 is 2.55 bits per heavy atom. The number of benzene rings is 1. The molecule has 0 bridgehead atoms. The number of nitrogens with one attached hydrogen (secondary N) is 2. The molecule has 3 rings (SSSR count). The standard InChI is InChI=1S/C32H42N6/c1-8-10-19-34-32-29(15-13-18-33-17-9-2)25(5)31(26(6)36-22-28-21-35-24(4)20-37-28)27(7)38(32)30-16-12-11-14-23(30)3/h11-16,18,20-21,33,36H,5-6,8-10,17,19,22H2,1-4,7H3/b18-13+,29-15-,34-32?. The molecule has 0 fully saturated rings. The fraction of sp³-hybridized carbons (Fsp3) is 0.344. The highest BCUT2D eigenvalue weighted by atomic mass is 15.0. The van der Waals surface area contributed by atoms with Gasteiger partial charge in [0.15, 0.2) is 0 Å². The van der Waals surface area contributed by atoms with Crippen molar-refractivity contribution in [2.75, 3.05) is 13.1 Å². The van der Waals surface area contributed by atoms with E-state index in [2.05, 4.69) is 96.4 Å². The number of hydrogen-bond donors (Lipinski definition) is 2. The summed E-state index contributed by atoms with van der Waals surface area (Å²) in [6.07, 6.45) is 12.9. The SMILES string of the molecule is C=C(NCc1cnc(C)cn1)c1c(C)n(-c2ccccc2C)c(=NCCCC)/c(=C\C=C\NCCC)c1=C. The van der Waals surface area contributed by atoms with Crippen molar-refractivity contribution in [3.63, 3.8) is 0 Å². The second-order valence-electron chi connectivity index (χ2n) is 9.49. The summed E-state index contributed by atoms with van der Waals surface area (Å²) in [5.41, 5.74) is 7.75. The van der Waals surface area contributed by atoms with E-state index in [1.165, 1.54) is 5.56 Å². The molecule has 0 aliphatic rings. The Hall–Kier alpha value is -3.93. The van der Waals surface area contributed by atoms with Crippen LogP contribution in [0.5, 0.6) is 0 Å². The molecule has 0 saturated heterocycles. The molecule has 0 aliphatic heterocycles. The number of hydrogen-bond acceptors (Lipinski definition) is 5. The first kappa shape index (κ1) is 28.6. The summed E-state index contributed by atoms with van der Waals surface area (Å²) >= 11 is 0. The average molecular weight is 511 g/mol. The van der Waals surface area contributed by atoms with Crippen molar-refractivity contribution in [3.8, 4) is 5.69 Å². The van der Waals surface area contributed by atoms with Gasteiger partial charge in [-0.2, -0.15) is 0 Å². The Balaban J connectivity index is 2.25. The summed E-state index contributed by atoms with van der Waals surface area (Å²) in [6, 6.07) is 8.42.